The lowest BCUT2D eigenvalue weighted by molar-refractivity contribution is -0.144. The lowest BCUT2D eigenvalue weighted by atomic mass is 9.93. The van der Waals surface area contributed by atoms with Crippen molar-refractivity contribution in [1.29, 1.82) is 0 Å². The lowest BCUT2D eigenvalue weighted by Gasteiger charge is -2.14. The third-order valence-electron chi connectivity index (χ3n) is 6.57. The number of ether oxygens (including phenoxy) is 2. The van der Waals surface area contributed by atoms with Crippen molar-refractivity contribution in [2.24, 2.45) is 0 Å². The summed E-state index contributed by atoms with van der Waals surface area (Å²) in [4.78, 5) is 72.5. The summed E-state index contributed by atoms with van der Waals surface area (Å²) < 4.78 is 9.69. The highest BCUT2D eigenvalue weighted by molar-refractivity contribution is 6.20. The molecule has 0 saturated carbocycles. The van der Waals surface area contributed by atoms with E-state index in [2.05, 4.69) is 13.2 Å². The number of esters is 2. The Balaban J connectivity index is 0.000000206. The summed E-state index contributed by atoms with van der Waals surface area (Å²) in [7, 11) is 0. The summed E-state index contributed by atoms with van der Waals surface area (Å²) in [5.41, 5.74) is 2.92. The van der Waals surface area contributed by atoms with Gasteiger partial charge in [-0.3, -0.25) is 29.0 Å². The number of hydrogen-bond acceptors (Lipinski definition) is 8. The van der Waals surface area contributed by atoms with Gasteiger partial charge in [0.25, 0.3) is 23.6 Å². The minimum absolute atomic E-state index is 0.0168. The molecule has 4 amide bonds. The maximum absolute atomic E-state index is 12.0. The second kappa shape index (κ2) is 12.4. The van der Waals surface area contributed by atoms with Crippen molar-refractivity contribution < 1.29 is 38.2 Å². The van der Waals surface area contributed by atoms with E-state index < -0.39 is 11.9 Å². The van der Waals surface area contributed by atoms with Crippen LogP contribution in [0.1, 0.15) is 58.3 Å². The molecule has 2 aliphatic carbocycles. The van der Waals surface area contributed by atoms with Gasteiger partial charge in [-0.2, -0.15) is 0 Å². The average Bonchev–Trinajstić information content (AvgIpc) is 3.29. The summed E-state index contributed by atoms with van der Waals surface area (Å²) in [5.74, 6) is -1.92. The van der Waals surface area contributed by atoms with Crippen LogP contribution in [-0.2, 0) is 38.2 Å². The van der Waals surface area contributed by atoms with Crippen LogP contribution in [0.15, 0.2) is 47.1 Å². The van der Waals surface area contributed by atoms with Gasteiger partial charge in [0.05, 0.1) is 13.1 Å². The molecule has 10 heteroatoms. The first kappa shape index (κ1) is 27.8. The van der Waals surface area contributed by atoms with Gasteiger partial charge in [0.2, 0.25) is 0 Å². The zero-order valence-electron chi connectivity index (χ0n) is 21.1. The molecule has 37 heavy (non-hydrogen) atoms. The van der Waals surface area contributed by atoms with Crippen LogP contribution in [0, 0.1) is 0 Å². The fourth-order valence-corrected chi connectivity index (χ4v) is 4.65. The molecule has 10 nitrogen and oxygen atoms in total. The Bertz CT molecular complexity index is 1060. The summed E-state index contributed by atoms with van der Waals surface area (Å²) >= 11 is 0. The third-order valence-corrected chi connectivity index (χ3v) is 6.57. The molecule has 0 saturated heterocycles. The Morgan fingerprint density at radius 2 is 1.08 bits per heavy atom. The Morgan fingerprint density at radius 3 is 1.41 bits per heavy atom. The first-order valence-electron chi connectivity index (χ1n) is 12.5. The number of nitrogens with zero attached hydrogens (tertiary/aromatic N) is 2. The second-order valence-corrected chi connectivity index (χ2v) is 9.14. The number of amides is 4. The van der Waals surface area contributed by atoms with Crippen molar-refractivity contribution in [3.8, 4) is 0 Å². The fraction of sp³-hybridized carbons (Fsp3) is 0.481. The van der Waals surface area contributed by atoms with Crippen LogP contribution in [0.5, 0.6) is 0 Å². The van der Waals surface area contributed by atoms with E-state index in [9.17, 15) is 28.8 Å². The smallest absolute Gasteiger partial charge is 0.333 e. The Labute approximate surface area is 215 Å². The predicted octanol–water partition coefficient (Wildman–Crippen LogP) is 2.30. The van der Waals surface area contributed by atoms with Crippen LogP contribution in [0.25, 0.3) is 0 Å². The standard InChI is InChI=1S/C14H17NO4.C13H15NO4/c1-9(2)14(18)19-8-7-15-12(16)10-5-3-4-6-11(10)13(15)17;1-2-11(15)18-8-7-14-12(16)9-5-3-4-6-10(9)13(14)17/h1,3-8H2,2H3;2H,1,3-8H2. The lowest BCUT2D eigenvalue weighted by Crippen LogP contribution is -2.35. The van der Waals surface area contributed by atoms with Crippen molar-refractivity contribution >= 4 is 35.6 Å². The van der Waals surface area contributed by atoms with Gasteiger partial charge in [-0.05, 0) is 58.3 Å². The van der Waals surface area contributed by atoms with E-state index in [1.807, 2.05) is 0 Å². The molecule has 0 radical (unpaired) electrons. The van der Waals surface area contributed by atoms with E-state index in [1.54, 1.807) is 6.92 Å². The fourth-order valence-electron chi connectivity index (χ4n) is 4.65. The molecular weight excluding hydrogens is 480 g/mol. The Hall–Kier alpha value is -3.82. The van der Waals surface area contributed by atoms with Crippen LogP contribution in [0.3, 0.4) is 0 Å². The average molecular weight is 513 g/mol. The van der Waals surface area contributed by atoms with E-state index in [4.69, 9.17) is 9.47 Å². The van der Waals surface area contributed by atoms with Crippen molar-refractivity contribution in [3.63, 3.8) is 0 Å². The quantitative estimate of drug-likeness (QED) is 0.275. The van der Waals surface area contributed by atoms with Gasteiger partial charge in [-0.15, -0.1) is 0 Å². The molecule has 0 N–H and O–H groups in total. The highest BCUT2D eigenvalue weighted by atomic mass is 16.5. The summed E-state index contributed by atoms with van der Waals surface area (Å²) in [6.45, 7) is 8.55. The number of carbonyl (C=O) groups is 6. The third kappa shape index (κ3) is 6.31. The zero-order chi connectivity index (χ0) is 27.1. The monoisotopic (exact) mass is 512 g/mol. The largest absolute Gasteiger partial charge is 0.461 e. The molecular formula is C27H32N2O8. The molecule has 0 spiro atoms. The highest BCUT2D eigenvalue weighted by Gasteiger charge is 2.39. The van der Waals surface area contributed by atoms with E-state index in [1.165, 1.54) is 9.80 Å². The van der Waals surface area contributed by atoms with Crippen molar-refractivity contribution in [2.75, 3.05) is 26.3 Å². The molecule has 0 aromatic rings. The number of carbonyl (C=O) groups excluding carboxylic acids is 6. The molecule has 2 aliphatic heterocycles. The molecule has 0 aromatic carbocycles. The Morgan fingerprint density at radius 1 is 0.730 bits per heavy atom. The first-order chi connectivity index (χ1) is 17.7. The molecule has 0 fully saturated rings. The Kier molecular flexibility index (Phi) is 9.32. The van der Waals surface area contributed by atoms with Crippen LogP contribution < -0.4 is 0 Å². The second-order valence-electron chi connectivity index (χ2n) is 9.14. The number of hydrogen-bond donors (Lipinski definition) is 0. The van der Waals surface area contributed by atoms with E-state index in [0.717, 1.165) is 31.8 Å². The minimum atomic E-state index is -0.549. The first-order valence-corrected chi connectivity index (χ1v) is 12.5. The van der Waals surface area contributed by atoms with Crippen molar-refractivity contribution in [1.82, 2.24) is 9.80 Å². The topological polar surface area (TPSA) is 127 Å². The highest BCUT2D eigenvalue weighted by Crippen LogP contribution is 2.33. The van der Waals surface area contributed by atoms with Crippen molar-refractivity contribution in [2.45, 2.75) is 58.3 Å². The van der Waals surface area contributed by atoms with Gasteiger partial charge in [0.1, 0.15) is 13.2 Å². The number of imide groups is 2. The normalized spacial score (nSPS) is 18.8. The predicted molar refractivity (Wildman–Crippen MR) is 131 cm³/mol. The number of rotatable bonds is 8. The maximum atomic E-state index is 12.0. The summed E-state index contributed by atoms with van der Waals surface area (Å²) in [5, 5.41) is 0. The molecule has 198 valence electrons. The van der Waals surface area contributed by atoms with Gasteiger partial charge in [-0.25, -0.2) is 9.59 Å². The van der Waals surface area contributed by atoms with Crippen LogP contribution >= 0.6 is 0 Å². The molecule has 0 atom stereocenters. The zero-order valence-corrected chi connectivity index (χ0v) is 21.1. The molecule has 4 aliphatic rings. The van der Waals surface area contributed by atoms with Crippen molar-refractivity contribution in [3.05, 3.63) is 47.1 Å². The molecule has 0 aromatic heterocycles. The van der Waals surface area contributed by atoms with E-state index >= 15 is 0 Å². The molecule has 2 heterocycles. The van der Waals surface area contributed by atoms with Gasteiger partial charge >= 0.3 is 11.9 Å². The summed E-state index contributed by atoms with van der Waals surface area (Å²) in [6.07, 6.45) is 7.60. The van der Waals surface area contributed by atoms with Gasteiger partial charge < -0.3 is 9.47 Å². The van der Waals surface area contributed by atoms with Crippen LogP contribution in [-0.4, -0.2) is 71.7 Å². The van der Waals surface area contributed by atoms with E-state index in [-0.39, 0.29) is 49.9 Å². The summed E-state index contributed by atoms with van der Waals surface area (Å²) in [6, 6.07) is 0. The molecule has 0 bridgehead atoms. The molecule has 0 unspecified atom stereocenters. The van der Waals surface area contributed by atoms with Gasteiger partial charge in [-0.1, -0.05) is 13.2 Å². The minimum Gasteiger partial charge on any atom is -0.461 e. The van der Waals surface area contributed by atoms with Crippen LogP contribution in [0.4, 0.5) is 0 Å². The van der Waals surface area contributed by atoms with Gasteiger partial charge in [0, 0.05) is 33.9 Å². The van der Waals surface area contributed by atoms with Crippen LogP contribution in [0.2, 0.25) is 0 Å². The molecule has 4 rings (SSSR count). The van der Waals surface area contributed by atoms with Gasteiger partial charge in [0.15, 0.2) is 0 Å². The SMILES string of the molecule is C=C(C)C(=O)OCCN1C(=O)C2=C(CCCC2)C1=O.C=CC(=O)OCCN1C(=O)C2=C(CCCC2)C1=O. The maximum Gasteiger partial charge on any atom is 0.333 e. The van der Waals surface area contributed by atoms with E-state index in [0.29, 0.717) is 53.5 Å².